The Hall–Kier alpha value is 0.220. The van der Waals surface area contributed by atoms with Crippen LogP contribution in [0.25, 0.3) is 0 Å². The van der Waals surface area contributed by atoms with Crippen molar-refractivity contribution in [3.05, 3.63) is 0 Å². The molecule has 0 saturated carbocycles. The minimum Gasteiger partial charge on any atom is -0.329 e. The first-order valence-corrected chi connectivity index (χ1v) is 8.94. The summed E-state index contributed by atoms with van der Waals surface area (Å²) in [7, 11) is -2.88. The zero-order valence-electron chi connectivity index (χ0n) is 10.6. The number of nitrogens with two attached hydrogens (primary N) is 1. The fraction of sp³-hybridized carbons (Fsp3) is 1.00. The average molecular weight is 278 g/mol. The van der Waals surface area contributed by atoms with Gasteiger partial charge in [-0.25, -0.2) is 8.42 Å². The molecule has 17 heavy (non-hydrogen) atoms. The van der Waals surface area contributed by atoms with Crippen molar-refractivity contribution in [3.8, 4) is 0 Å². The number of hydrogen-bond donors (Lipinski definition) is 1. The molecular weight excluding hydrogens is 256 g/mol. The molecule has 4 nitrogen and oxygen atoms in total. The zero-order valence-corrected chi connectivity index (χ0v) is 12.2. The quantitative estimate of drug-likeness (QED) is 0.788. The summed E-state index contributed by atoms with van der Waals surface area (Å²) in [5.74, 6) is 0.553. The predicted molar refractivity (Wildman–Crippen MR) is 73.1 cm³/mol. The van der Waals surface area contributed by atoms with E-state index in [0.29, 0.717) is 29.2 Å². The van der Waals surface area contributed by atoms with Crippen molar-refractivity contribution in [2.24, 2.45) is 5.73 Å². The molecule has 0 aromatic carbocycles. The average Bonchev–Trinajstić information content (AvgIpc) is 2.54. The molecule has 0 aliphatic carbocycles. The first kappa shape index (κ1) is 13.6. The molecule has 2 heterocycles. The van der Waals surface area contributed by atoms with Gasteiger partial charge in [0.15, 0.2) is 9.84 Å². The summed E-state index contributed by atoms with van der Waals surface area (Å²) in [6.07, 6.45) is 0.704. The van der Waals surface area contributed by atoms with Crippen LogP contribution in [0.2, 0.25) is 0 Å². The maximum absolute atomic E-state index is 11.7. The zero-order chi connectivity index (χ0) is 12.7. The lowest BCUT2D eigenvalue weighted by atomic mass is 9.95. The first-order chi connectivity index (χ1) is 7.87. The molecule has 2 saturated heterocycles. The molecule has 3 unspecified atom stereocenters. The topological polar surface area (TPSA) is 63.4 Å². The summed E-state index contributed by atoms with van der Waals surface area (Å²) >= 11 is 1.98. The molecule has 6 heteroatoms. The number of sulfone groups is 1. The highest BCUT2D eigenvalue weighted by Crippen LogP contribution is 2.35. The van der Waals surface area contributed by atoms with Gasteiger partial charge in [0.25, 0.3) is 0 Å². The molecule has 0 radical (unpaired) electrons. The third-order valence-electron chi connectivity index (χ3n) is 3.84. The molecule has 0 aromatic rings. The van der Waals surface area contributed by atoms with E-state index >= 15 is 0 Å². The number of nitrogens with zero attached hydrogens (tertiary/aromatic N) is 1. The van der Waals surface area contributed by atoms with Gasteiger partial charge in [0, 0.05) is 35.7 Å². The Kier molecular flexibility index (Phi) is 3.79. The van der Waals surface area contributed by atoms with E-state index in [-0.39, 0.29) is 11.3 Å². The molecule has 2 fully saturated rings. The van der Waals surface area contributed by atoms with E-state index in [1.807, 2.05) is 11.8 Å². The number of rotatable bonds is 2. The summed E-state index contributed by atoms with van der Waals surface area (Å²) in [5.41, 5.74) is 5.61. The van der Waals surface area contributed by atoms with Crippen molar-refractivity contribution in [1.29, 1.82) is 0 Å². The molecule has 100 valence electrons. The van der Waals surface area contributed by atoms with Crippen LogP contribution in [0.5, 0.6) is 0 Å². The molecule has 0 aromatic heterocycles. The molecule has 2 aliphatic heterocycles. The Morgan fingerprint density at radius 1 is 1.35 bits per heavy atom. The van der Waals surface area contributed by atoms with E-state index < -0.39 is 9.84 Å². The van der Waals surface area contributed by atoms with Crippen LogP contribution in [0.1, 0.15) is 20.3 Å². The van der Waals surface area contributed by atoms with Gasteiger partial charge in [-0.2, -0.15) is 11.8 Å². The van der Waals surface area contributed by atoms with E-state index in [0.717, 1.165) is 13.1 Å². The Balaban J connectivity index is 2.18. The highest BCUT2D eigenvalue weighted by Gasteiger charge is 2.47. The van der Waals surface area contributed by atoms with E-state index in [9.17, 15) is 8.42 Å². The number of hydrogen-bond acceptors (Lipinski definition) is 5. The maximum atomic E-state index is 11.7. The van der Waals surface area contributed by atoms with Gasteiger partial charge >= 0.3 is 0 Å². The third kappa shape index (κ3) is 2.80. The van der Waals surface area contributed by atoms with E-state index in [1.54, 1.807) is 0 Å². The Morgan fingerprint density at radius 2 is 1.94 bits per heavy atom. The highest BCUT2D eigenvalue weighted by atomic mass is 32.2. The lowest BCUT2D eigenvalue weighted by Gasteiger charge is -2.45. The van der Waals surface area contributed by atoms with Crippen LogP contribution in [-0.4, -0.2) is 60.5 Å². The van der Waals surface area contributed by atoms with Crippen molar-refractivity contribution in [1.82, 2.24) is 4.90 Å². The van der Waals surface area contributed by atoms with Crippen LogP contribution in [0.4, 0.5) is 0 Å². The van der Waals surface area contributed by atoms with Gasteiger partial charge in [0.05, 0.1) is 11.5 Å². The second-order valence-electron chi connectivity index (χ2n) is 5.43. The molecule has 0 amide bonds. The van der Waals surface area contributed by atoms with Gasteiger partial charge in [0.1, 0.15) is 0 Å². The van der Waals surface area contributed by atoms with Gasteiger partial charge in [-0.05, 0) is 6.42 Å². The largest absolute Gasteiger partial charge is 0.329 e. The standard InChI is InChI=1S/C11H22N2O2S2/c1-9-5-13(6-10(2)16-9)11(7-12)3-4-17(14,15)8-11/h9-10H,3-8,12H2,1-2H3. The summed E-state index contributed by atoms with van der Waals surface area (Å²) in [6, 6.07) is 0. The summed E-state index contributed by atoms with van der Waals surface area (Å²) in [6.45, 7) is 6.79. The maximum Gasteiger partial charge on any atom is 0.152 e. The fourth-order valence-corrected chi connectivity index (χ4v) is 6.43. The molecule has 0 spiro atoms. The highest BCUT2D eigenvalue weighted by molar-refractivity contribution is 8.00. The minimum absolute atomic E-state index is 0.251. The summed E-state index contributed by atoms with van der Waals surface area (Å²) in [5, 5.41) is 1.12. The van der Waals surface area contributed by atoms with Crippen LogP contribution in [0.15, 0.2) is 0 Å². The summed E-state index contributed by atoms with van der Waals surface area (Å²) in [4.78, 5) is 2.34. The van der Waals surface area contributed by atoms with Crippen LogP contribution < -0.4 is 5.73 Å². The Labute approximate surface area is 108 Å². The molecule has 3 atom stereocenters. The van der Waals surface area contributed by atoms with Crippen LogP contribution in [-0.2, 0) is 9.84 Å². The van der Waals surface area contributed by atoms with Gasteiger partial charge in [-0.15, -0.1) is 0 Å². The van der Waals surface area contributed by atoms with Crippen LogP contribution in [0, 0.1) is 0 Å². The second kappa shape index (κ2) is 4.72. The van der Waals surface area contributed by atoms with Gasteiger partial charge in [0.2, 0.25) is 0 Å². The Morgan fingerprint density at radius 3 is 2.35 bits per heavy atom. The van der Waals surface area contributed by atoms with E-state index in [1.165, 1.54) is 0 Å². The van der Waals surface area contributed by atoms with Gasteiger partial charge in [-0.3, -0.25) is 4.90 Å². The monoisotopic (exact) mass is 278 g/mol. The smallest absolute Gasteiger partial charge is 0.152 e. The molecular formula is C11H22N2O2S2. The van der Waals surface area contributed by atoms with Crippen molar-refractivity contribution < 1.29 is 8.42 Å². The molecule has 2 N–H and O–H groups in total. The van der Waals surface area contributed by atoms with Crippen molar-refractivity contribution >= 4 is 21.6 Å². The second-order valence-corrected chi connectivity index (χ2v) is 9.50. The van der Waals surface area contributed by atoms with Crippen molar-refractivity contribution in [2.45, 2.75) is 36.3 Å². The third-order valence-corrected chi connectivity index (χ3v) is 6.87. The van der Waals surface area contributed by atoms with E-state index in [2.05, 4.69) is 18.7 Å². The van der Waals surface area contributed by atoms with Crippen molar-refractivity contribution in [2.75, 3.05) is 31.1 Å². The molecule has 0 bridgehead atoms. The Bertz CT molecular complexity index is 375. The normalized spacial score (nSPS) is 42.8. The SMILES string of the molecule is CC1CN(C2(CN)CCS(=O)(=O)C2)CC(C)S1. The van der Waals surface area contributed by atoms with Gasteiger partial charge in [-0.1, -0.05) is 13.8 Å². The molecule has 2 rings (SSSR count). The van der Waals surface area contributed by atoms with Gasteiger partial charge < -0.3 is 5.73 Å². The minimum atomic E-state index is -2.88. The lowest BCUT2D eigenvalue weighted by molar-refractivity contribution is 0.114. The summed E-state index contributed by atoms with van der Waals surface area (Å²) < 4.78 is 23.4. The van der Waals surface area contributed by atoms with Crippen LogP contribution in [0.3, 0.4) is 0 Å². The molecule has 2 aliphatic rings. The van der Waals surface area contributed by atoms with E-state index in [4.69, 9.17) is 5.73 Å². The van der Waals surface area contributed by atoms with Crippen LogP contribution >= 0.6 is 11.8 Å². The number of thioether (sulfide) groups is 1. The fourth-order valence-electron chi connectivity index (χ4n) is 3.00. The predicted octanol–water partition coefficient (Wildman–Crippen LogP) is 0.328. The van der Waals surface area contributed by atoms with Crippen molar-refractivity contribution in [3.63, 3.8) is 0 Å². The first-order valence-electron chi connectivity index (χ1n) is 6.18. The lowest BCUT2D eigenvalue weighted by Crippen LogP contribution is -2.59.